The van der Waals surface area contributed by atoms with E-state index in [0.717, 1.165) is 23.2 Å². The van der Waals surface area contributed by atoms with Crippen molar-refractivity contribution in [3.63, 3.8) is 0 Å². The zero-order valence-corrected chi connectivity index (χ0v) is 16.3. The SMILES string of the molecule is O=C(NCCn1nc(-c2cccs2)n(C2CC2)c1=O)c1ccc2nccnc2c1. The van der Waals surface area contributed by atoms with E-state index >= 15 is 0 Å². The molecule has 0 aliphatic heterocycles. The van der Waals surface area contributed by atoms with Crippen LogP contribution >= 0.6 is 11.3 Å². The Kier molecular flexibility index (Phi) is 4.44. The van der Waals surface area contributed by atoms with Gasteiger partial charge in [-0.2, -0.15) is 0 Å². The average Bonchev–Trinajstić information content (AvgIpc) is 3.32. The molecule has 1 aromatic carbocycles. The maximum absolute atomic E-state index is 12.8. The number of amides is 1. The third-order valence-electron chi connectivity index (χ3n) is 4.86. The summed E-state index contributed by atoms with van der Waals surface area (Å²) in [5.74, 6) is 0.498. The minimum absolute atomic E-state index is 0.119. The van der Waals surface area contributed by atoms with Gasteiger partial charge in [-0.05, 0) is 42.5 Å². The number of fused-ring (bicyclic) bond motifs is 1. The molecule has 0 atom stereocenters. The number of nitrogens with zero attached hydrogens (tertiary/aromatic N) is 5. The van der Waals surface area contributed by atoms with Crippen molar-refractivity contribution in [1.82, 2.24) is 29.6 Å². The molecular formula is C20H18N6O2S. The molecule has 3 aromatic heterocycles. The largest absolute Gasteiger partial charge is 0.350 e. The van der Waals surface area contributed by atoms with Crippen molar-refractivity contribution in [3.8, 4) is 10.7 Å². The van der Waals surface area contributed by atoms with E-state index in [-0.39, 0.29) is 17.6 Å². The van der Waals surface area contributed by atoms with Gasteiger partial charge in [0.05, 0.1) is 22.5 Å². The van der Waals surface area contributed by atoms with Crippen LogP contribution in [0.4, 0.5) is 0 Å². The smallest absolute Gasteiger partial charge is 0.346 e. The lowest BCUT2D eigenvalue weighted by Gasteiger charge is -2.05. The lowest BCUT2D eigenvalue weighted by atomic mass is 10.2. The fourth-order valence-electron chi connectivity index (χ4n) is 3.28. The van der Waals surface area contributed by atoms with Crippen molar-refractivity contribution in [1.29, 1.82) is 0 Å². The molecule has 0 bridgehead atoms. The summed E-state index contributed by atoms with van der Waals surface area (Å²) in [6, 6.07) is 9.36. The first kappa shape index (κ1) is 17.7. The van der Waals surface area contributed by atoms with Gasteiger partial charge in [-0.1, -0.05) is 6.07 Å². The van der Waals surface area contributed by atoms with Crippen LogP contribution in [-0.4, -0.2) is 36.8 Å². The molecule has 1 N–H and O–H groups in total. The molecule has 0 unspecified atom stereocenters. The van der Waals surface area contributed by atoms with Crippen LogP contribution in [0.15, 0.2) is 52.9 Å². The lowest BCUT2D eigenvalue weighted by Crippen LogP contribution is -2.32. The van der Waals surface area contributed by atoms with Gasteiger partial charge < -0.3 is 5.32 Å². The third kappa shape index (κ3) is 3.44. The normalized spacial score (nSPS) is 13.7. The second-order valence-electron chi connectivity index (χ2n) is 6.92. The Bertz CT molecular complexity index is 1240. The number of hydrogen-bond donors (Lipinski definition) is 1. The summed E-state index contributed by atoms with van der Waals surface area (Å²) < 4.78 is 3.23. The van der Waals surface area contributed by atoms with E-state index in [1.807, 2.05) is 17.5 Å². The minimum Gasteiger partial charge on any atom is -0.350 e. The van der Waals surface area contributed by atoms with Crippen molar-refractivity contribution < 1.29 is 4.79 Å². The first-order valence-electron chi connectivity index (χ1n) is 9.43. The first-order chi connectivity index (χ1) is 14.2. The van der Waals surface area contributed by atoms with Crippen LogP contribution in [0.1, 0.15) is 29.2 Å². The summed E-state index contributed by atoms with van der Waals surface area (Å²) in [5, 5.41) is 9.36. The Morgan fingerprint density at radius 1 is 1.17 bits per heavy atom. The van der Waals surface area contributed by atoms with Crippen molar-refractivity contribution in [2.45, 2.75) is 25.4 Å². The number of aromatic nitrogens is 5. The molecule has 0 spiro atoms. The molecule has 1 fully saturated rings. The standard InChI is InChI=1S/C20H18N6O2S/c27-19(13-3-6-15-16(12-13)22-8-7-21-15)23-9-10-25-20(28)26(14-4-5-14)18(24-25)17-2-1-11-29-17/h1-3,6-8,11-12,14H,4-5,9-10H2,(H,23,27). The molecule has 1 saturated carbocycles. The van der Waals surface area contributed by atoms with E-state index in [1.165, 1.54) is 4.68 Å². The second kappa shape index (κ2) is 7.25. The zero-order chi connectivity index (χ0) is 19.8. The van der Waals surface area contributed by atoms with Crippen LogP contribution in [0.2, 0.25) is 0 Å². The summed E-state index contributed by atoms with van der Waals surface area (Å²) in [5.41, 5.74) is 1.79. The molecule has 146 valence electrons. The van der Waals surface area contributed by atoms with Crippen LogP contribution < -0.4 is 11.0 Å². The number of benzene rings is 1. The van der Waals surface area contributed by atoms with E-state index in [0.29, 0.717) is 30.0 Å². The predicted molar refractivity (Wildman–Crippen MR) is 110 cm³/mol. The molecule has 9 heteroatoms. The molecular weight excluding hydrogens is 388 g/mol. The van der Waals surface area contributed by atoms with Gasteiger partial charge in [-0.25, -0.2) is 9.48 Å². The molecule has 3 heterocycles. The molecule has 0 radical (unpaired) electrons. The highest BCUT2D eigenvalue weighted by molar-refractivity contribution is 7.13. The fourth-order valence-corrected chi connectivity index (χ4v) is 3.99. The minimum atomic E-state index is -0.217. The van der Waals surface area contributed by atoms with Gasteiger partial charge in [0.15, 0.2) is 5.82 Å². The van der Waals surface area contributed by atoms with Gasteiger partial charge >= 0.3 is 5.69 Å². The maximum atomic E-state index is 12.8. The summed E-state index contributed by atoms with van der Waals surface area (Å²) in [6.07, 6.45) is 5.22. The van der Waals surface area contributed by atoms with E-state index in [4.69, 9.17) is 0 Å². The highest BCUT2D eigenvalue weighted by Crippen LogP contribution is 2.37. The topological polar surface area (TPSA) is 94.7 Å². The molecule has 1 aliphatic rings. The van der Waals surface area contributed by atoms with Gasteiger partial charge in [-0.3, -0.25) is 19.3 Å². The third-order valence-corrected chi connectivity index (χ3v) is 5.73. The Balaban J connectivity index is 1.30. The number of carbonyl (C=O) groups is 1. The summed E-state index contributed by atoms with van der Waals surface area (Å²) >= 11 is 1.57. The van der Waals surface area contributed by atoms with E-state index in [1.54, 1.807) is 46.5 Å². The van der Waals surface area contributed by atoms with E-state index in [9.17, 15) is 9.59 Å². The Labute approximate surface area is 169 Å². The molecule has 0 saturated heterocycles. The monoisotopic (exact) mass is 406 g/mol. The van der Waals surface area contributed by atoms with Crippen LogP contribution in [-0.2, 0) is 6.54 Å². The average molecular weight is 406 g/mol. The molecule has 1 aliphatic carbocycles. The predicted octanol–water partition coefficient (Wildman–Crippen LogP) is 2.48. The zero-order valence-electron chi connectivity index (χ0n) is 15.5. The number of thiophene rings is 1. The van der Waals surface area contributed by atoms with E-state index < -0.39 is 0 Å². The molecule has 5 rings (SSSR count). The second-order valence-corrected chi connectivity index (χ2v) is 7.87. The fraction of sp³-hybridized carbons (Fsp3) is 0.250. The highest BCUT2D eigenvalue weighted by Gasteiger charge is 2.30. The van der Waals surface area contributed by atoms with Crippen molar-refractivity contribution in [2.24, 2.45) is 0 Å². The number of nitrogens with one attached hydrogen (secondary N) is 1. The van der Waals surface area contributed by atoms with Crippen LogP contribution in [0.25, 0.3) is 21.7 Å². The Morgan fingerprint density at radius 2 is 2.00 bits per heavy atom. The first-order valence-corrected chi connectivity index (χ1v) is 10.3. The van der Waals surface area contributed by atoms with Crippen LogP contribution in [0.5, 0.6) is 0 Å². The molecule has 1 amide bonds. The number of rotatable bonds is 6. The highest BCUT2D eigenvalue weighted by atomic mass is 32.1. The van der Waals surface area contributed by atoms with Gasteiger partial charge in [0.2, 0.25) is 0 Å². The Morgan fingerprint density at radius 3 is 2.76 bits per heavy atom. The van der Waals surface area contributed by atoms with E-state index in [2.05, 4.69) is 20.4 Å². The van der Waals surface area contributed by atoms with Gasteiger partial charge in [0.1, 0.15) is 0 Å². The van der Waals surface area contributed by atoms with Crippen molar-refractivity contribution >= 4 is 28.3 Å². The van der Waals surface area contributed by atoms with Gasteiger partial charge in [0.25, 0.3) is 5.91 Å². The van der Waals surface area contributed by atoms with Gasteiger partial charge in [0, 0.05) is 30.5 Å². The number of hydrogen-bond acceptors (Lipinski definition) is 6. The van der Waals surface area contributed by atoms with Gasteiger partial charge in [-0.15, -0.1) is 16.4 Å². The van der Waals surface area contributed by atoms with Crippen molar-refractivity contribution in [3.05, 3.63) is 64.2 Å². The van der Waals surface area contributed by atoms with Crippen LogP contribution in [0, 0.1) is 0 Å². The van der Waals surface area contributed by atoms with Crippen LogP contribution in [0.3, 0.4) is 0 Å². The lowest BCUT2D eigenvalue weighted by molar-refractivity contribution is 0.0952. The summed E-state index contributed by atoms with van der Waals surface area (Å²) in [7, 11) is 0. The maximum Gasteiger partial charge on any atom is 0.346 e. The molecule has 4 aromatic rings. The summed E-state index contributed by atoms with van der Waals surface area (Å²) in [6.45, 7) is 0.624. The summed E-state index contributed by atoms with van der Waals surface area (Å²) in [4.78, 5) is 34.7. The number of carbonyl (C=O) groups excluding carboxylic acids is 1. The van der Waals surface area contributed by atoms with Crippen molar-refractivity contribution in [2.75, 3.05) is 6.54 Å². The molecule has 29 heavy (non-hydrogen) atoms. The molecule has 8 nitrogen and oxygen atoms in total. The quantitative estimate of drug-likeness (QED) is 0.531. The Hall–Kier alpha value is -3.33.